The lowest BCUT2D eigenvalue weighted by atomic mass is 10.0. The smallest absolute Gasteiger partial charge is 0.306 e. The van der Waals surface area contributed by atoms with E-state index in [1.807, 2.05) is 56.3 Å². The predicted molar refractivity (Wildman–Crippen MR) is 99.7 cm³/mol. The molecular weight excluding hydrogens is 330 g/mol. The third kappa shape index (κ3) is 6.16. The van der Waals surface area contributed by atoms with E-state index < -0.39 is 5.97 Å². The highest BCUT2D eigenvalue weighted by Gasteiger charge is 2.12. The van der Waals surface area contributed by atoms with Crippen molar-refractivity contribution in [2.45, 2.75) is 32.7 Å². The number of carbonyl (C=O) groups excluding carboxylic acids is 3. The van der Waals surface area contributed by atoms with Gasteiger partial charge in [-0.1, -0.05) is 54.6 Å². The van der Waals surface area contributed by atoms with E-state index in [1.54, 1.807) is 12.1 Å². The Morgan fingerprint density at radius 3 is 2.12 bits per heavy atom. The number of amides is 1. The molecule has 5 heteroatoms. The van der Waals surface area contributed by atoms with Crippen molar-refractivity contribution in [3.05, 3.63) is 60.2 Å². The molecule has 0 radical (unpaired) electrons. The van der Waals surface area contributed by atoms with Crippen molar-refractivity contribution in [2.24, 2.45) is 0 Å². The molecule has 0 atom stereocenters. The summed E-state index contributed by atoms with van der Waals surface area (Å²) in [5, 5.41) is 2.62. The van der Waals surface area contributed by atoms with Gasteiger partial charge in [-0.05, 0) is 25.0 Å². The molecule has 0 heterocycles. The lowest BCUT2D eigenvalue weighted by Gasteiger charge is -2.08. The van der Waals surface area contributed by atoms with Crippen molar-refractivity contribution in [3.63, 3.8) is 0 Å². The highest BCUT2D eigenvalue weighted by atomic mass is 16.5. The van der Waals surface area contributed by atoms with Crippen LogP contribution in [0.15, 0.2) is 54.6 Å². The van der Waals surface area contributed by atoms with E-state index in [9.17, 15) is 14.4 Å². The molecule has 0 saturated carbocycles. The quantitative estimate of drug-likeness (QED) is 0.583. The Balaban J connectivity index is 1.80. The Kier molecular flexibility index (Phi) is 7.09. The molecule has 0 aliphatic rings. The third-order valence-electron chi connectivity index (χ3n) is 3.68. The van der Waals surface area contributed by atoms with Gasteiger partial charge in [0.25, 0.3) is 5.91 Å². The van der Waals surface area contributed by atoms with Crippen molar-refractivity contribution >= 4 is 17.7 Å². The van der Waals surface area contributed by atoms with Gasteiger partial charge in [0.15, 0.2) is 12.4 Å². The van der Waals surface area contributed by atoms with Crippen molar-refractivity contribution < 1.29 is 19.1 Å². The van der Waals surface area contributed by atoms with E-state index in [1.165, 1.54) is 0 Å². The van der Waals surface area contributed by atoms with Crippen LogP contribution in [0.4, 0.5) is 0 Å². The number of hydrogen-bond donors (Lipinski definition) is 1. The zero-order valence-corrected chi connectivity index (χ0v) is 15.0. The van der Waals surface area contributed by atoms with Crippen molar-refractivity contribution in [3.8, 4) is 11.1 Å². The van der Waals surface area contributed by atoms with Crippen LogP contribution >= 0.6 is 0 Å². The molecule has 0 saturated heterocycles. The number of hydrogen-bond acceptors (Lipinski definition) is 4. The lowest BCUT2D eigenvalue weighted by Crippen LogP contribution is -2.34. The first-order valence-electron chi connectivity index (χ1n) is 8.59. The van der Waals surface area contributed by atoms with Gasteiger partial charge >= 0.3 is 5.97 Å². The molecule has 2 aromatic carbocycles. The molecule has 1 N–H and O–H groups in total. The lowest BCUT2D eigenvalue weighted by molar-refractivity contribution is -0.148. The van der Waals surface area contributed by atoms with Crippen molar-refractivity contribution in [1.82, 2.24) is 5.32 Å². The topological polar surface area (TPSA) is 72.5 Å². The molecule has 136 valence electrons. The summed E-state index contributed by atoms with van der Waals surface area (Å²) in [5.41, 5.74) is 2.66. The Morgan fingerprint density at radius 2 is 1.50 bits per heavy atom. The van der Waals surface area contributed by atoms with Crippen LogP contribution in [0.1, 0.15) is 37.0 Å². The van der Waals surface area contributed by atoms with Gasteiger partial charge in [-0.15, -0.1) is 0 Å². The summed E-state index contributed by atoms with van der Waals surface area (Å²) in [6.07, 6.45) is 0.00352. The normalized spacial score (nSPS) is 10.4. The minimum absolute atomic E-state index is 0.0124. The van der Waals surface area contributed by atoms with Crippen LogP contribution in [-0.4, -0.2) is 30.3 Å². The molecule has 2 aromatic rings. The number of ether oxygens (including phenoxy) is 1. The molecule has 2 rings (SSSR count). The second-order valence-corrected chi connectivity index (χ2v) is 6.25. The Labute approximate surface area is 153 Å². The van der Waals surface area contributed by atoms with Crippen LogP contribution in [0, 0.1) is 0 Å². The van der Waals surface area contributed by atoms with E-state index in [4.69, 9.17) is 4.74 Å². The first-order valence-corrected chi connectivity index (χ1v) is 8.59. The maximum Gasteiger partial charge on any atom is 0.306 e. The second-order valence-electron chi connectivity index (χ2n) is 6.25. The van der Waals surface area contributed by atoms with Gasteiger partial charge in [0.2, 0.25) is 0 Å². The summed E-state index contributed by atoms with van der Waals surface area (Å²) in [6, 6.07) is 17.1. The highest BCUT2D eigenvalue weighted by molar-refractivity contribution is 5.98. The number of rotatable bonds is 8. The molecule has 0 bridgehead atoms. The van der Waals surface area contributed by atoms with Crippen LogP contribution in [0.2, 0.25) is 0 Å². The molecular formula is C21H23NO4. The fraction of sp³-hybridized carbons (Fsp3) is 0.286. The Bertz CT molecular complexity index is 751. The maximum atomic E-state index is 12.2. The zero-order valence-electron chi connectivity index (χ0n) is 15.0. The SMILES string of the molecule is CC(C)NC(=O)COC(=O)CCC(=O)c1ccc(-c2ccccc2)cc1. The molecule has 1 amide bonds. The van der Waals surface area contributed by atoms with Crippen molar-refractivity contribution in [1.29, 1.82) is 0 Å². The third-order valence-corrected chi connectivity index (χ3v) is 3.68. The first-order chi connectivity index (χ1) is 12.5. The van der Waals surface area contributed by atoms with Gasteiger partial charge in [-0.2, -0.15) is 0 Å². The standard InChI is InChI=1S/C21H23NO4/c1-15(2)22-20(24)14-26-21(25)13-12-19(23)18-10-8-17(9-11-18)16-6-4-3-5-7-16/h3-11,15H,12-14H2,1-2H3,(H,22,24). The Morgan fingerprint density at radius 1 is 0.885 bits per heavy atom. The van der Waals surface area contributed by atoms with Gasteiger partial charge in [0.05, 0.1) is 6.42 Å². The number of carbonyl (C=O) groups is 3. The zero-order chi connectivity index (χ0) is 18.9. The monoisotopic (exact) mass is 353 g/mol. The van der Waals surface area contributed by atoms with E-state index in [-0.39, 0.29) is 37.2 Å². The predicted octanol–water partition coefficient (Wildman–Crippen LogP) is 3.38. The number of ketones is 1. The number of nitrogens with one attached hydrogen (secondary N) is 1. The van der Waals surface area contributed by atoms with Crippen LogP contribution in [0.3, 0.4) is 0 Å². The number of esters is 1. The molecule has 26 heavy (non-hydrogen) atoms. The summed E-state index contributed by atoms with van der Waals surface area (Å²) in [5.74, 6) is -1.04. The van der Waals surface area contributed by atoms with Crippen LogP contribution in [-0.2, 0) is 14.3 Å². The second kappa shape index (κ2) is 9.51. The average Bonchev–Trinajstić information content (AvgIpc) is 2.64. The molecule has 0 aliphatic heterocycles. The van der Waals surface area contributed by atoms with Gasteiger partial charge in [-0.25, -0.2) is 0 Å². The molecule has 0 unspecified atom stereocenters. The molecule has 0 aliphatic carbocycles. The fourth-order valence-corrected chi connectivity index (χ4v) is 2.42. The molecule has 0 spiro atoms. The van der Waals surface area contributed by atoms with E-state index in [0.29, 0.717) is 5.56 Å². The van der Waals surface area contributed by atoms with Crippen LogP contribution in [0.5, 0.6) is 0 Å². The minimum Gasteiger partial charge on any atom is -0.456 e. The van der Waals surface area contributed by atoms with E-state index in [2.05, 4.69) is 5.32 Å². The van der Waals surface area contributed by atoms with Gasteiger partial charge in [-0.3, -0.25) is 14.4 Å². The molecule has 5 nitrogen and oxygen atoms in total. The van der Waals surface area contributed by atoms with E-state index in [0.717, 1.165) is 11.1 Å². The highest BCUT2D eigenvalue weighted by Crippen LogP contribution is 2.19. The van der Waals surface area contributed by atoms with Gasteiger partial charge in [0.1, 0.15) is 0 Å². The molecule has 0 aromatic heterocycles. The summed E-state index contributed by atoms with van der Waals surface area (Å²) >= 11 is 0. The summed E-state index contributed by atoms with van der Waals surface area (Å²) in [7, 11) is 0. The fourth-order valence-electron chi connectivity index (χ4n) is 2.42. The summed E-state index contributed by atoms with van der Waals surface area (Å²) < 4.78 is 4.86. The summed E-state index contributed by atoms with van der Waals surface area (Å²) in [6.45, 7) is 3.32. The van der Waals surface area contributed by atoms with Crippen LogP contribution in [0.25, 0.3) is 11.1 Å². The summed E-state index contributed by atoms with van der Waals surface area (Å²) in [4.78, 5) is 35.3. The van der Waals surface area contributed by atoms with E-state index >= 15 is 0 Å². The minimum atomic E-state index is -0.557. The van der Waals surface area contributed by atoms with Gasteiger partial charge in [0, 0.05) is 18.0 Å². The average molecular weight is 353 g/mol. The Hall–Kier alpha value is -2.95. The largest absolute Gasteiger partial charge is 0.456 e. The van der Waals surface area contributed by atoms with Gasteiger partial charge < -0.3 is 10.1 Å². The van der Waals surface area contributed by atoms with Crippen molar-refractivity contribution in [2.75, 3.05) is 6.61 Å². The maximum absolute atomic E-state index is 12.2. The van der Waals surface area contributed by atoms with Crippen LogP contribution < -0.4 is 5.32 Å². The number of benzene rings is 2. The first kappa shape index (κ1) is 19.4. The molecule has 0 fully saturated rings. The number of Topliss-reactive ketones (excluding diaryl/α,β-unsaturated/α-hetero) is 1.